The van der Waals surface area contributed by atoms with Crippen LogP contribution in [0.5, 0.6) is 0 Å². The average molecular weight is 415 g/mol. The Morgan fingerprint density at radius 2 is 1.86 bits per heavy atom. The molecule has 2 aromatic heterocycles. The van der Waals surface area contributed by atoms with Gasteiger partial charge in [-0.1, -0.05) is 0 Å². The second-order valence-corrected chi connectivity index (χ2v) is 7.80. The van der Waals surface area contributed by atoms with Crippen molar-refractivity contribution >= 4 is 32.9 Å². The van der Waals surface area contributed by atoms with Gasteiger partial charge in [-0.3, -0.25) is 4.72 Å². The molecule has 0 aliphatic carbocycles. The van der Waals surface area contributed by atoms with Crippen molar-refractivity contribution < 1.29 is 8.42 Å². The molecule has 11 nitrogen and oxygen atoms in total. The van der Waals surface area contributed by atoms with Crippen LogP contribution in [0.4, 0.5) is 22.9 Å². The van der Waals surface area contributed by atoms with Crippen molar-refractivity contribution in [1.29, 1.82) is 5.26 Å². The van der Waals surface area contributed by atoms with Gasteiger partial charge in [-0.15, -0.1) is 0 Å². The molecular weight excluding hydrogens is 394 g/mol. The van der Waals surface area contributed by atoms with E-state index in [9.17, 15) is 8.42 Å². The van der Waals surface area contributed by atoms with Crippen LogP contribution in [0.15, 0.2) is 42.9 Å². The molecule has 1 aromatic carbocycles. The van der Waals surface area contributed by atoms with Crippen LogP contribution in [0.1, 0.15) is 5.56 Å². The minimum Gasteiger partial charge on any atom is -0.397 e. The molecule has 0 atom stereocenters. The summed E-state index contributed by atoms with van der Waals surface area (Å²) in [5.41, 5.74) is 13.3. The van der Waals surface area contributed by atoms with Gasteiger partial charge in [0, 0.05) is 32.2 Å². The zero-order valence-electron chi connectivity index (χ0n) is 16.1. The fraction of sp³-hybridized carbons (Fsp3) is 0.176. The second kappa shape index (κ2) is 8.89. The molecule has 3 aromatic rings. The van der Waals surface area contributed by atoms with Gasteiger partial charge >= 0.3 is 0 Å². The van der Waals surface area contributed by atoms with E-state index in [4.69, 9.17) is 16.7 Å². The normalized spacial score (nSPS) is 10.4. The SMILES string of the molecule is CN(C)c1ccc(N)c(NS(C)(=O)=O)c1.N#Cc1cnn(-c2ncccn2)c1N. The lowest BCUT2D eigenvalue weighted by Crippen LogP contribution is -2.13. The molecule has 0 spiro atoms. The van der Waals surface area contributed by atoms with Gasteiger partial charge in [-0.25, -0.2) is 18.4 Å². The van der Waals surface area contributed by atoms with E-state index in [0.717, 1.165) is 11.9 Å². The average Bonchev–Trinajstić information content (AvgIpc) is 3.04. The fourth-order valence-electron chi connectivity index (χ4n) is 2.11. The van der Waals surface area contributed by atoms with Crippen LogP contribution >= 0.6 is 0 Å². The highest BCUT2D eigenvalue weighted by molar-refractivity contribution is 7.92. The number of hydrogen-bond donors (Lipinski definition) is 3. The van der Waals surface area contributed by atoms with Gasteiger partial charge in [0.05, 0.1) is 23.8 Å². The van der Waals surface area contributed by atoms with E-state index >= 15 is 0 Å². The Morgan fingerprint density at radius 1 is 1.21 bits per heavy atom. The third-order valence-corrected chi connectivity index (χ3v) is 4.11. The van der Waals surface area contributed by atoms with Gasteiger partial charge in [-0.05, 0) is 24.3 Å². The lowest BCUT2D eigenvalue weighted by molar-refractivity contribution is 0.607. The monoisotopic (exact) mass is 415 g/mol. The maximum absolute atomic E-state index is 11.1. The Bertz CT molecular complexity index is 1120. The number of sulfonamides is 1. The summed E-state index contributed by atoms with van der Waals surface area (Å²) in [6, 6.07) is 8.79. The van der Waals surface area contributed by atoms with Crippen LogP contribution < -0.4 is 21.1 Å². The van der Waals surface area contributed by atoms with Crippen molar-refractivity contribution in [3.8, 4) is 12.0 Å². The Labute approximate surface area is 168 Å². The number of nitrogens with zero attached hydrogens (tertiary/aromatic N) is 6. The summed E-state index contributed by atoms with van der Waals surface area (Å²) in [5, 5.41) is 12.6. The molecule has 0 saturated carbocycles. The number of nitrogens with two attached hydrogens (primary N) is 2. The topological polar surface area (TPSA) is 169 Å². The minimum atomic E-state index is -3.29. The summed E-state index contributed by atoms with van der Waals surface area (Å²) in [5.74, 6) is 0.602. The molecule has 152 valence electrons. The number of aromatic nitrogens is 4. The van der Waals surface area contributed by atoms with Crippen molar-refractivity contribution in [3.63, 3.8) is 0 Å². The van der Waals surface area contributed by atoms with Gasteiger partial charge in [0.15, 0.2) is 0 Å². The second-order valence-electron chi connectivity index (χ2n) is 6.06. The van der Waals surface area contributed by atoms with Crippen LogP contribution in [-0.2, 0) is 10.0 Å². The molecule has 3 rings (SSSR count). The van der Waals surface area contributed by atoms with Crippen molar-refractivity contribution in [3.05, 3.63) is 48.4 Å². The molecule has 0 fully saturated rings. The van der Waals surface area contributed by atoms with Gasteiger partial charge in [0.1, 0.15) is 17.5 Å². The molecule has 0 saturated heterocycles. The van der Waals surface area contributed by atoms with E-state index in [-0.39, 0.29) is 5.82 Å². The van der Waals surface area contributed by atoms with Crippen LogP contribution in [0.2, 0.25) is 0 Å². The van der Waals surface area contributed by atoms with E-state index in [0.29, 0.717) is 22.9 Å². The van der Waals surface area contributed by atoms with Gasteiger partial charge in [0.2, 0.25) is 10.0 Å². The quantitative estimate of drug-likeness (QED) is 0.522. The van der Waals surface area contributed by atoms with E-state index in [1.54, 1.807) is 30.6 Å². The minimum absolute atomic E-state index is 0.249. The highest BCUT2D eigenvalue weighted by atomic mass is 32.2. The predicted octanol–water partition coefficient (Wildman–Crippen LogP) is 0.822. The number of anilines is 4. The van der Waals surface area contributed by atoms with Gasteiger partial charge < -0.3 is 16.4 Å². The van der Waals surface area contributed by atoms with Crippen molar-refractivity contribution in [2.24, 2.45) is 0 Å². The highest BCUT2D eigenvalue weighted by Crippen LogP contribution is 2.25. The van der Waals surface area contributed by atoms with E-state index < -0.39 is 10.0 Å². The first-order valence-corrected chi connectivity index (χ1v) is 10.1. The molecule has 0 bridgehead atoms. The largest absolute Gasteiger partial charge is 0.397 e. The first-order valence-electron chi connectivity index (χ1n) is 8.18. The third kappa shape index (κ3) is 5.81. The molecular formula is C17H21N9O2S. The molecule has 2 heterocycles. The maximum Gasteiger partial charge on any atom is 0.252 e. The van der Waals surface area contributed by atoms with E-state index in [1.807, 2.05) is 31.1 Å². The Balaban J connectivity index is 0.000000207. The van der Waals surface area contributed by atoms with Crippen molar-refractivity contribution in [1.82, 2.24) is 19.7 Å². The summed E-state index contributed by atoms with van der Waals surface area (Å²) in [6.45, 7) is 0. The molecule has 0 aliphatic rings. The zero-order valence-corrected chi connectivity index (χ0v) is 16.9. The summed E-state index contributed by atoms with van der Waals surface area (Å²) in [7, 11) is 0.451. The number of nitrogen functional groups attached to an aromatic ring is 2. The van der Waals surface area contributed by atoms with Crippen LogP contribution in [0.25, 0.3) is 5.95 Å². The summed E-state index contributed by atoms with van der Waals surface area (Å²) >= 11 is 0. The number of rotatable bonds is 4. The molecule has 0 unspecified atom stereocenters. The lowest BCUT2D eigenvalue weighted by Gasteiger charge is -2.15. The Kier molecular flexibility index (Phi) is 6.58. The number of nitrogens with one attached hydrogen (secondary N) is 1. The third-order valence-electron chi connectivity index (χ3n) is 3.52. The predicted molar refractivity (Wildman–Crippen MR) is 112 cm³/mol. The Hall–Kier alpha value is -3.85. The summed E-state index contributed by atoms with van der Waals surface area (Å²) in [4.78, 5) is 9.78. The molecule has 0 radical (unpaired) electrons. The number of hydrogen-bond acceptors (Lipinski definition) is 9. The van der Waals surface area contributed by atoms with E-state index in [1.165, 1.54) is 10.9 Å². The lowest BCUT2D eigenvalue weighted by atomic mass is 10.2. The van der Waals surface area contributed by atoms with Crippen LogP contribution in [0.3, 0.4) is 0 Å². The standard InChI is InChI=1S/C9H15N3O2S.C8H6N6/c1-12(2)7-4-5-8(10)9(6-7)11-15(3,13)14;9-4-6-5-13-14(7(6)10)8-11-2-1-3-12-8/h4-6,11H,10H2,1-3H3;1-3,5H,10H2. The maximum atomic E-state index is 11.1. The first-order chi connectivity index (χ1) is 13.6. The smallest absolute Gasteiger partial charge is 0.252 e. The molecule has 12 heteroatoms. The molecule has 0 amide bonds. The zero-order chi connectivity index (χ0) is 21.6. The van der Waals surface area contributed by atoms with Crippen molar-refractivity contribution in [2.45, 2.75) is 0 Å². The van der Waals surface area contributed by atoms with Crippen LogP contribution in [0, 0.1) is 11.3 Å². The fourth-order valence-corrected chi connectivity index (χ4v) is 2.69. The molecule has 5 N–H and O–H groups in total. The van der Waals surface area contributed by atoms with Crippen LogP contribution in [-0.4, -0.2) is 48.5 Å². The summed E-state index contributed by atoms with van der Waals surface area (Å²) in [6.07, 6.45) is 5.63. The summed E-state index contributed by atoms with van der Waals surface area (Å²) < 4.78 is 25.8. The number of benzene rings is 1. The first kappa shape index (κ1) is 21.5. The number of nitriles is 1. The molecule has 0 aliphatic heterocycles. The van der Waals surface area contributed by atoms with Crippen molar-refractivity contribution in [2.75, 3.05) is 41.4 Å². The van der Waals surface area contributed by atoms with Gasteiger partial charge in [-0.2, -0.15) is 15.0 Å². The Morgan fingerprint density at radius 3 is 2.38 bits per heavy atom. The van der Waals surface area contributed by atoms with Gasteiger partial charge in [0.25, 0.3) is 5.95 Å². The van der Waals surface area contributed by atoms with E-state index in [2.05, 4.69) is 19.8 Å². The molecule has 29 heavy (non-hydrogen) atoms. The highest BCUT2D eigenvalue weighted by Gasteiger charge is 2.09.